The number of piperidine rings is 1. The Balaban J connectivity index is 1.52. The molecule has 1 aromatic heterocycles. The van der Waals surface area contributed by atoms with Crippen LogP contribution in [0.4, 0.5) is 5.95 Å². The van der Waals surface area contributed by atoms with E-state index in [1.54, 1.807) is 0 Å². The predicted octanol–water partition coefficient (Wildman–Crippen LogP) is 3.63. The van der Waals surface area contributed by atoms with Gasteiger partial charge in [0.1, 0.15) is 0 Å². The lowest BCUT2D eigenvalue weighted by Crippen LogP contribution is -2.31. The third kappa shape index (κ3) is 3.43. The predicted molar refractivity (Wildman–Crippen MR) is 102 cm³/mol. The van der Waals surface area contributed by atoms with Gasteiger partial charge < -0.3 is 4.90 Å². The van der Waals surface area contributed by atoms with Crippen molar-refractivity contribution in [1.82, 2.24) is 19.7 Å². The minimum atomic E-state index is 0.497. The van der Waals surface area contributed by atoms with Crippen molar-refractivity contribution in [3.05, 3.63) is 29.8 Å². The largest absolute Gasteiger partial charge is 0.341 e. The zero-order valence-corrected chi connectivity index (χ0v) is 15.5. The van der Waals surface area contributed by atoms with Crippen LogP contribution in [0, 0.1) is 0 Å². The number of benzene rings is 1. The molecule has 0 N–H and O–H groups in total. The highest BCUT2D eigenvalue weighted by molar-refractivity contribution is 5.57. The van der Waals surface area contributed by atoms with Crippen LogP contribution in [-0.2, 0) is 7.05 Å². The fourth-order valence-electron chi connectivity index (χ4n) is 4.12. The average molecular weight is 339 g/mol. The van der Waals surface area contributed by atoms with Crippen LogP contribution in [0.5, 0.6) is 0 Å². The van der Waals surface area contributed by atoms with Gasteiger partial charge in [-0.15, -0.1) is 5.10 Å². The van der Waals surface area contributed by atoms with Crippen LogP contribution in [0.3, 0.4) is 0 Å². The molecule has 5 nitrogen and oxygen atoms in total. The number of aromatic nitrogens is 3. The topological polar surface area (TPSA) is 37.2 Å². The van der Waals surface area contributed by atoms with Gasteiger partial charge in [-0.25, -0.2) is 4.68 Å². The Labute approximate surface area is 150 Å². The van der Waals surface area contributed by atoms with Crippen molar-refractivity contribution in [1.29, 1.82) is 0 Å². The molecule has 5 heteroatoms. The summed E-state index contributed by atoms with van der Waals surface area (Å²) in [7, 11) is 2.00. The lowest BCUT2D eigenvalue weighted by Gasteiger charge is -2.26. The normalized spacial score (nSPS) is 20.2. The van der Waals surface area contributed by atoms with Crippen molar-refractivity contribution >= 4 is 5.95 Å². The van der Waals surface area contributed by atoms with Crippen LogP contribution < -0.4 is 4.90 Å². The van der Waals surface area contributed by atoms with E-state index in [0.29, 0.717) is 6.04 Å². The number of rotatable bonds is 4. The van der Waals surface area contributed by atoms with Crippen molar-refractivity contribution < 1.29 is 0 Å². The molecule has 2 aliphatic rings. The summed E-state index contributed by atoms with van der Waals surface area (Å²) in [5.74, 6) is 1.84. The van der Waals surface area contributed by atoms with Gasteiger partial charge >= 0.3 is 0 Å². The van der Waals surface area contributed by atoms with E-state index in [0.717, 1.165) is 30.4 Å². The summed E-state index contributed by atoms with van der Waals surface area (Å²) >= 11 is 0. The molecule has 0 saturated carbocycles. The molecule has 2 aliphatic heterocycles. The first-order valence-corrected chi connectivity index (χ1v) is 9.73. The van der Waals surface area contributed by atoms with E-state index in [9.17, 15) is 0 Å². The summed E-state index contributed by atoms with van der Waals surface area (Å²) in [6.45, 7) is 6.96. The second-order valence-electron chi connectivity index (χ2n) is 7.45. The second-order valence-corrected chi connectivity index (χ2v) is 7.45. The van der Waals surface area contributed by atoms with Gasteiger partial charge in [0.2, 0.25) is 5.95 Å². The molecule has 0 radical (unpaired) electrons. The average Bonchev–Trinajstić information content (AvgIpc) is 3.32. The minimum Gasteiger partial charge on any atom is -0.341 e. The van der Waals surface area contributed by atoms with Crippen molar-refractivity contribution in [2.45, 2.75) is 45.1 Å². The Morgan fingerprint density at radius 3 is 2.20 bits per heavy atom. The highest BCUT2D eigenvalue weighted by Gasteiger charge is 2.20. The molecule has 1 aromatic carbocycles. The molecule has 1 atom stereocenters. The van der Waals surface area contributed by atoms with Crippen molar-refractivity contribution in [2.24, 2.45) is 7.05 Å². The number of likely N-dealkylation sites (tertiary alicyclic amines) is 1. The molecule has 4 rings (SSSR count). The zero-order chi connectivity index (χ0) is 17.2. The van der Waals surface area contributed by atoms with E-state index in [1.807, 2.05) is 11.7 Å². The Morgan fingerprint density at radius 1 is 0.880 bits per heavy atom. The van der Waals surface area contributed by atoms with Gasteiger partial charge in [0.15, 0.2) is 5.82 Å². The fourth-order valence-corrected chi connectivity index (χ4v) is 4.12. The Kier molecular flexibility index (Phi) is 4.75. The fraction of sp³-hybridized carbons (Fsp3) is 0.600. The third-order valence-corrected chi connectivity index (χ3v) is 5.72. The van der Waals surface area contributed by atoms with Crippen LogP contribution in [0.1, 0.15) is 50.6 Å². The van der Waals surface area contributed by atoms with Crippen molar-refractivity contribution in [3.63, 3.8) is 0 Å². The molecule has 134 valence electrons. The summed E-state index contributed by atoms with van der Waals surface area (Å²) < 4.78 is 1.93. The number of hydrogen-bond acceptors (Lipinski definition) is 4. The van der Waals surface area contributed by atoms with E-state index >= 15 is 0 Å². The van der Waals surface area contributed by atoms with Crippen LogP contribution in [-0.4, -0.2) is 45.8 Å². The summed E-state index contributed by atoms with van der Waals surface area (Å²) in [6, 6.07) is 9.34. The van der Waals surface area contributed by atoms with E-state index in [4.69, 9.17) is 4.98 Å². The SMILES string of the molecule is C[C@@H](c1ccc(-c2nc(N3CCCCC3)n(C)n2)cc1)N1CCCC1. The van der Waals surface area contributed by atoms with E-state index in [2.05, 4.69) is 46.1 Å². The lowest BCUT2D eigenvalue weighted by molar-refractivity contribution is 0.263. The monoisotopic (exact) mass is 339 g/mol. The number of aryl methyl sites for hydroxylation is 1. The molecule has 3 heterocycles. The van der Waals surface area contributed by atoms with Gasteiger partial charge in [-0.2, -0.15) is 4.98 Å². The van der Waals surface area contributed by atoms with Crippen molar-refractivity contribution in [3.8, 4) is 11.4 Å². The van der Waals surface area contributed by atoms with E-state index < -0.39 is 0 Å². The number of anilines is 1. The van der Waals surface area contributed by atoms with Gasteiger partial charge in [0, 0.05) is 31.7 Å². The third-order valence-electron chi connectivity index (χ3n) is 5.72. The second kappa shape index (κ2) is 7.16. The molecule has 0 bridgehead atoms. The first-order valence-electron chi connectivity index (χ1n) is 9.73. The smallest absolute Gasteiger partial charge is 0.224 e. The molecule has 0 amide bonds. The molecular weight excluding hydrogens is 310 g/mol. The van der Waals surface area contributed by atoms with Gasteiger partial charge in [-0.3, -0.25) is 4.90 Å². The molecule has 0 unspecified atom stereocenters. The van der Waals surface area contributed by atoms with Crippen LogP contribution in [0.2, 0.25) is 0 Å². The molecule has 0 aliphatic carbocycles. The number of nitrogens with zero attached hydrogens (tertiary/aromatic N) is 5. The van der Waals surface area contributed by atoms with E-state index in [-0.39, 0.29) is 0 Å². The molecule has 0 spiro atoms. The summed E-state index contributed by atoms with van der Waals surface area (Å²) in [4.78, 5) is 9.76. The van der Waals surface area contributed by atoms with Crippen LogP contribution >= 0.6 is 0 Å². The quantitative estimate of drug-likeness (QED) is 0.852. The summed E-state index contributed by atoms with van der Waals surface area (Å²) in [5.41, 5.74) is 2.49. The number of hydrogen-bond donors (Lipinski definition) is 0. The maximum absolute atomic E-state index is 4.82. The van der Waals surface area contributed by atoms with Gasteiger partial charge in [-0.05, 0) is 57.7 Å². The van der Waals surface area contributed by atoms with Crippen LogP contribution in [0.15, 0.2) is 24.3 Å². The summed E-state index contributed by atoms with van der Waals surface area (Å²) in [6.07, 6.45) is 6.51. The Bertz CT molecular complexity index is 693. The lowest BCUT2D eigenvalue weighted by atomic mass is 10.0. The van der Waals surface area contributed by atoms with E-state index in [1.165, 1.54) is 50.8 Å². The zero-order valence-electron chi connectivity index (χ0n) is 15.5. The summed E-state index contributed by atoms with van der Waals surface area (Å²) in [5, 5.41) is 4.66. The van der Waals surface area contributed by atoms with Crippen molar-refractivity contribution in [2.75, 3.05) is 31.1 Å². The van der Waals surface area contributed by atoms with Gasteiger partial charge in [-0.1, -0.05) is 24.3 Å². The highest BCUT2D eigenvalue weighted by atomic mass is 15.4. The maximum Gasteiger partial charge on any atom is 0.224 e. The molecular formula is C20H29N5. The van der Waals surface area contributed by atoms with Gasteiger partial charge in [0.05, 0.1) is 0 Å². The minimum absolute atomic E-state index is 0.497. The van der Waals surface area contributed by atoms with Gasteiger partial charge in [0.25, 0.3) is 0 Å². The van der Waals surface area contributed by atoms with Crippen LogP contribution in [0.25, 0.3) is 11.4 Å². The highest BCUT2D eigenvalue weighted by Crippen LogP contribution is 2.27. The first kappa shape index (κ1) is 16.6. The molecule has 25 heavy (non-hydrogen) atoms. The molecule has 2 fully saturated rings. The Morgan fingerprint density at radius 2 is 1.52 bits per heavy atom. The first-order chi connectivity index (χ1) is 12.2. The Hall–Kier alpha value is -1.88. The standard InChI is InChI=1S/C20H29N5/c1-16(24-12-6-7-13-24)17-8-10-18(11-9-17)19-21-20(23(2)22-19)25-14-4-3-5-15-25/h8-11,16H,3-7,12-15H2,1-2H3/t16-/m0/s1. The molecule has 2 aromatic rings. The molecule has 2 saturated heterocycles. The maximum atomic E-state index is 4.82.